The quantitative estimate of drug-likeness (QED) is 0.399. The lowest BCUT2D eigenvalue weighted by Gasteiger charge is -2.23. The van der Waals surface area contributed by atoms with E-state index in [0.717, 1.165) is 0 Å². The van der Waals surface area contributed by atoms with E-state index in [1.165, 1.54) is 6.08 Å². The second kappa shape index (κ2) is 6.27. The van der Waals surface area contributed by atoms with Crippen molar-refractivity contribution in [1.29, 1.82) is 0 Å². The van der Waals surface area contributed by atoms with Gasteiger partial charge >= 0.3 is 0 Å². The molecule has 0 aromatic heterocycles. The summed E-state index contributed by atoms with van der Waals surface area (Å²) in [6.45, 7) is 3.97. The van der Waals surface area contributed by atoms with Crippen molar-refractivity contribution in [2.45, 2.75) is 12.8 Å². The molecule has 0 spiro atoms. The summed E-state index contributed by atoms with van der Waals surface area (Å²) < 4.78 is 0.403. The fourth-order valence-corrected chi connectivity index (χ4v) is 1.17. The Morgan fingerprint density at radius 3 is 2.38 bits per heavy atom. The SMILES string of the molecule is C=CC(=O)N(C)CCCC(=O)N[N+](C)(C)C. The first kappa shape index (κ1) is 14.6. The number of hydrogen-bond donors (Lipinski definition) is 1. The Morgan fingerprint density at radius 1 is 1.38 bits per heavy atom. The molecular weight excluding hydrogens is 206 g/mol. The maximum absolute atomic E-state index is 11.4. The molecule has 0 fully saturated rings. The summed E-state index contributed by atoms with van der Waals surface area (Å²) in [6, 6.07) is 0. The number of nitrogens with one attached hydrogen (secondary N) is 1. The first-order valence-corrected chi connectivity index (χ1v) is 5.26. The van der Waals surface area contributed by atoms with Gasteiger partial charge < -0.3 is 4.90 Å². The molecule has 16 heavy (non-hydrogen) atoms. The number of carbonyl (C=O) groups excluding carboxylic acids is 2. The van der Waals surface area contributed by atoms with E-state index < -0.39 is 0 Å². The van der Waals surface area contributed by atoms with Gasteiger partial charge in [0.25, 0.3) is 5.91 Å². The smallest absolute Gasteiger partial charge is 0.265 e. The highest BCUT2D eigenvalue weighted by atomic mass is 16.2. The third kappa shape index (κ3) is 7.00. The van der Waals surface area contributed by atoms with E-state index in [0.29, 0.717) is 24.0 Å². The van der Waals surface area contributed by atoms with Crippen LogP contribution in [0.25, 0.3) is 0 Å². The van der Waals surface area contributed by atoms with Gasteiger partial charge in [-0.1, -0.05) is 6.58 Å². The molecule has 0 rings (SSSR count). The first-order valence-electron chi connectivity index (χ1n) is 5.26. The summed E-state index contributed by atoms with van der Waals surface area (Å²) in [4.78, 5) is 24.1. The van der Waals surface area contributed by atoms with Crippen LogP contribution in [0.1, 0.15) is 12.8 Å². The Balaban J connectivity index is 3.78. The number of quaternary nitrogens is 1. The van der Waals surface area contributed by atoms with E-state index in [-0.39, 0.29) is 11.8 Å². The molecule has 0 heterocycles. The molecule has 0 unspecified atom stereocenters. The van der Waals surface area contributed by atoms with Gasteiger partial charge in [-0.25, -0.2) is 10.0 Å². The van der Waals surface area contributed by atoms with Gasteiger partial charge in [0.1, 0.15) is 0 Å². The van der Waals surface area contributed by atoms with Crippen LogP contribution in [0.3, 0.4) is 0 Å². The molecule has 0 bridgehead atoms. The molecule has 0 aliphatic heterocycles. The predicted octanol–water partition coefficient (Wildman–Crippen LogP) is 0.148. The molecule has 0 aromatic carbocycles. The van der Waals surface area contributed by atoms with Crippen LogP contribution in [0.15, 0.2) is 12.7 Å². The molecule has 5 heteroatoms. The standard InChI is InChI=1S/C11H21N3O2/c1-6-11(16)13(2)9-7-8-10(15)12-14(3,4)5/h6H,1,7-9H2,2-5H3/p+1. The molecule has 0 aliphatic carbocycles. The van der Waals surface area contributed by atoms with Gasteiger partial charge in [-0.3, -0.25) is 9.59 Å². The van der Waals surface area contributed by atoms with Gasteiger partial charge in [0.05, 0.1) is 21.1 Å². The molecular formula is C11H22N3O2+. The zero-order valence-corrected chi connectivity index (χ0v) is 10.6. The van der Waals surface area contributed by atoms with Crippen LogP contribution < -0.4 is 5.43 Å². The average Bonchev–Trinajstić information content (AvgIpc) is 2.13. The number of amides is 2. The number of hydrogen-bond acceptors (Lipinski definition) is 2. The predicted molar refractivity (Wildman–Crippen MR) is 63.2 cm³/mol. The number of carbonyl (C=O) groups is 2. The van der Waals surface area contributed by atoms with Crippen molar-refractivity contribution in [3.05, 3.63) is 12.7 Å². The van der Waals surface area contributed by atoms with Gasteiger partial charge in [-0.2, -0.15) is 0 Å². The van der Waals surface area contributed by atoms with E-state index in [1.807, 2.05) is 21.1 Å². The molecule has 0 saturated carbocycles. The van der Waals surface area contributed by atoms with Crippen molar-refractivity contribution in [2.75, 3.05) is 34.7 Å². The van der Waals surface area contributed by atoms with Gasteiger partial charge in [0.2, 0.25) is 5.91 Å². The van der Waals surface area contributed by atoms with Crippen LogP contribution >= 0.6 is 0 Å². The molecule has 5 nitrogen and oxygen atoms in total. The second-order valence-electron chi connectivity index (χ2n) is 4.61. The Kier molecular flexibility index (Phi) is 5.74. The molecule has 2 amide bonds. The van der Waals surface area contributed by atoms with Gasteiger partial charge in [0, 0.05) is 20.0 Å². The highest BCUT2D eigenvalue weighted by molar-refractivity contribution is 5.86. The van der Waals surface area contributed by atoms with Crippen molar-refractivity contribution >= 4 is 11.8 Å². The Bertz CT molecular complexity index is 269. The minimum Gasteiger partial charge on any atom is -0.342 e. The lowest BCUT2D eigenvalue weighted by atomic mass is 10.3. The zero-order chi connectivity index (χ0) is 12.8. The number of nitrogens with zero attached hydrogens (tertiary/aromatic N) is 2. The summed E-state index contributed by atoms with van der Waals surface area (Å²) in [5, 5.41) is 0. The van der Waals surface area contributed by atoms with Crippen molar-refractivity contribution < 1.29 is 14.2 Å². The molecule has 1 N–H and O–H groups in total. The number of rotatable bonds is 6. The van der Waals surface area contributed by atoms with Crippen LogP contribution in [0.4, 0.5) is 0 Å². The molecule has 0 saturated heterocycles. The van der Waals surface area contributed by atoms with Gasteiger partial charge in [0.15, 0.2) is 0 Å². The van der Waals surface area contributed by atoms with Crippen LogP contribution in [-0.4, -0.2) is 56.0 Å². The van der Waals surface area contributed by atoms with Gasteiger partial charge in [-0.05, 0) is 12.5 Å². The molecule has 0 aliphatic rings. The van der Waals surface area contributed by atoms with Crippen molar-refractivity contribution in [2.24, 2.45) is 0 Å². The first-order chi connectivity index (χ1) is 7.26. The fraction of sp³-hybridized carbons (Fsp3) is 0.636. The second-order valence-corrected chi connectivity index (χ2v) is 4.61. The molecule has 0 aromatic rings. The van der Waals surface area contributed by atoms with Gasteiger partial charge in [-0.15, -0.1) is 0 Å². The maximum Gasteiger partial charge on any atom is 0.265 e. The Labute approximate surface area is 97.3 Å². The van der Waals surface area contributed by atoms with E-state index in [2.05, 4.69) is 12.0 Å². The minimum absolute atomic E-state index is 0.00745. The topological polar surface area (TPSA) is 49.4 Å². The lowest BCUT2D eigenvalue weighted by Crippen LogP contribution is -2.51. The van der Waals surface area contributed by atoms with E-state index >= 15 is 0 Å². The summed E-state index contributed by atoms with van der Waals surface area (Å²) in [5.41, 5.74) is 2.81. The summed E-state index contributed by atoms with van der Waals surface area (Å²) in [5.74, 6) is -0.126. The summed E-state index contributed by atoms with van der Waals surface area (Å²) in [6.07, 6.45) is 2.35. The fourth-order valence-electron chi connectivity index (χ4n) is 1.17. The Morgan fingerprint density at radius 2 is 1.94 bits per heavy atom. The largest absolute Gasteiger partial charge is 0.342 e. The van der Waals surface area contributed by atoms with Crippen LogP contribution in [0, 0.1) is 0 Å². The maximum atomic E-state index is 11.4. The molecule has 0 radical (unpaired) electrons. The van der Waals surface area contributed by atoms with E-state index in [9.17, 15) is 9.59 Å². The van der Waals surface area contributed by atoms with Crippen LogP contribution in [0.5, 0.6) is 0 Å². The normalized spacial score (nSPS) is 10.8. The Hall–Kier alpha value is -1.36. The van der Waals surface area contributed by atoms with Crippen molar-refractivity contribution in [3.8, 4) is 0 Å². The minimum atomic E-state index is -0.119. The van der Waals surface area contributed by atoms with Crippen LogP contribution in [0.2, 0.25) is 0 Å². The summed E-state index contributed by atoms with van der Waals surface area (Å²) >= 11 is 0. The van der Waals surface area contributed by atoms with E-state index in [4.69, 9.17) is 0 Å². The van der Waals surface area contributed by atoms with Crippen molar-refractivity contribution in [3.63, 3.8) is 0 Å². The van der Waals surface area contributed by atoms with E-state index in [1.54, 1.807) is 11.9 Å². The highest BCUT2D eigenvalue weighted by Gasteiger charge is 2.12. The molecule has 92 valence electrons. The summed E-state index contributed by atoms with van der Waals surface area (Å²) in [7, 11) is 7.34. The number of likely N-dealkylation sites (N-methyl/N-ethyl adjacent to an activating group) is 1. The molecule has 0 atom stereocenters. The third-order valence-electron chi connectivity index (χ3n) is 1.91. The average molecular weight is 228 g/mol. The zero-order valence-electron chi connectivity index (χ0n) is 10.6. The highest BCUT2D eigenvalue weighted by Crippen LogP contribution is 1.95. The lowest BCUT2D eigenvalue weighted by molar-refractivity contribution is -0.906. The van der Waals surface area contributed by atoms with Crippen LogP contribution in [-0.2, 0) is 9.59 Å². The monoisotopic (exact) mass is 228 g/mol. The van der Waals surface area contributed by atoms with Crippen molar-refractivity contribution in [1.82, 2.24) is 10.3 Å². The third-order valence-corrected chi connectivity index (χ3v) is 1.91.